The standard InChI is InChI=1S/C16H20N2O3/c1-9(2)8-11-6-5-7-12(14(11)17-4)15-13(16(19)20)10(3)21-18-15/h5-7,9,17H,8H2,1-4H3,(H,19,20). The molecule has 0 amide bonds. The zero-order valence-corrected chi connectivity index (χ0v) is 12.7. The van der Waals surface area contributed by atoms with E-state index in [1.165, 1.54) is 0 Å². The Morgan fingerprint density at radius 3 is 2.71 bits per heavy atom. The van der Waals surface area contributed by atoms with Gasteiger partial charge in [0, 0.05) is 18.3 Å². The van der Waals surface area contributed by atoms with Crippen LogP contribution in [0.1, 0.15) is 35.5 Å². The molecule has 2 rings (SSSR count). The van der Waals surface area contributed by atoms with Gasteiger partial charge in [-0.2, -0.15) is 0 Å². The third-order valence-corrected chi connectivity index (χ3v) is 3.36. The van der Waals surface area contributed by atoms with Crippen molar-refractivity contribution in [1.29, 1.82) is 0 Å². The van der Waals surface area contributed by atoms with Crippen LogP contribution in [-0.4, -0.2) is 23.3 Å². The lowest BCUT2D eigenvalue weighted by atomic mass is 9.95. The molecule has 112 valence electrons. The zero-order valence-electron chi connectivity index (χ0n) is 12.7. The van der Waals surface area contributed by atoms with Crippen LogP contribution in [0, 0.1) is 12.8 Å². The van der Waals surface area contributed by atoms with Crippen molar-refractivity contribution >= 4 is 11.7 Å². The summed E-state index contributed by atoms with van der Waals surface area (Å²) in [5.41, 5.74) is 3.29. The number of anilines is 1. The van der Waals surface area contributed by atoms with Crippen LogP contribution in [-0.2, 0) is 6.42 Å². The maximum Gasteiger partial charge on any atom is 0.341 e. The Kier molecular flexibility index (Phi) is 4.31. The molecule has 5 nitrogen and oxygen atoms in total. The Balaban J connectivity index is 2.62. The average Bonchev–Trinajstić information content (AvgIpc) is 2.79. The van der Waals surface area contributed by atoms with E-state index in [0.717, 1.165) is 23.2 Å². The topological polar surface area (TPSA) is 75.4 Å². The Morgan fingerprint density at radius 1 is 1.43 bits per heavy atom. The molecule has 1 aromatic heterocycles. The van der Waals surface area contributed by atoms with E-state index in [0.29, 0.717) is 17.4 Å². The first kappa shape index (κ1) is 15.1. The normalized spacial score (nSPS) is 10.9. The van der Waals surface area contributed by atoms with Crippen LogP contribution in [0.25, 0.3) is 11.3 Å². The minimum absolute atomic E-state index is 0.119. The summed E-state index contributed by atoms with van der Waals surface area (Å²) in [6, 6.07) is 5.83. The van der Waals surface area contributed by atoms with Crippen LogP contribution in [0.15, 0.2) is 22.7 Å². The molecule has 1 heterocycles. The molecule has 21 heavy (non-hydrogen) atoms. The molecule has 0 saturated carbocycles. The van der Waals surface area contributed by atoms with Gasteiger partial charge < -0.3 is 14.9 Å². The molecule has 0 aliphatic carbocycles. The SMILES string of the molecule is CNc1c(CC(C)C)cccc1-c1noc(C)c1C(=O)O. The van der Waals surface area contributed by atoms with Crippen molar-refractivity contribution in [3.05, 3.63) is 35.1 Å². The van der Waals surface area contributed by atoms with Gasteiger partial charge in [0.2, 0.25) is 0 Å². The van der Waals surface area contributed by atoms with Gasteiger partial charge in [-0.05, 0) is 24.8 Å². The Hall–Kier alpha value is -2.30. The molecule has 0 aliphatic rings. The number of carbonyl (C=O) groups is 1. The van der Waals surface area contributed by atoms with Crippen LogP contribution >= 0.6 is 0 Å². The molecule has 5 heteroatoms. The number of aromatic carboxylic acids is 1. The smallest absolute Gasteiger partial charge is 0.341 e. The van der Waals surface area contributed by atoms with Crippen LogP contribution in [0.5, 0.6) is 0 Å². The Bertz CT molecular complexity index is 660. The summed E-state index contributed by atoms with van der Waals surface area (Å²) in [6.07, 6.45) is 0.906. The molecule has 2 N–H and O–H groups in total. The van der Waals surface area contributed by atoms with Crippen molar-refractivity contribution in [2.24, 2.45) is 5.92 Å². The predicted molar refractivity (Wildman–Crippen MR) is 81.7 cm³/mol. The minimum atomic E-state index is -1.03. The van der Waals surface area contributed by atoms with E-state index in [1.807, 2.05) is 25.2 Å². The number of carboxylic acids is 1. The maximum absolute atomic E-state index is 11.4. The maximum atomic E-state index is 11.4. The fourth-order valence-corrected chi connectivity index (χ4v) is 2.51. The highest BCUT2D eigenvalue weighted by Gasteiger charge is 2.23. The van der Waals surface area contributed by atoms with Gasteiger partial charge in [-0.25, -0.2) is 4.79 Å². The summed E-state index contributed by atoms with van der Waals surface area (Å²) in [6.45, 7) is 5.90. The summed E-state index contributed by atoms with van der Waals surface area (Å²) in [4.78, 5) is 11.4. The van der Waals surface area contributed by atoms with Crippen molar-refractivity contribution in [1.82, 2.24) is 5.16 Å². The van der Waals surface area contributed by atoms with Gasteiger partial charge in [0.05, 0.1) is 0 Å². The number of aryl methyl sites for hydroxylation is 1. The highest BCUT2D eigenvalue weighted by atomic mass is 16.5. The van der Waals surface area contributed by atoms with Gasteiger partial charge in [-0.15, -0.1) is 0 Å². The number of aromatic nitrogens is 1. The summed E-state index contributed by atoms with van der Waals surface area (Å²) in [5, 5.41) is 16.5. The Morgan fingerprint density at radius 2 is 2.14 bits per heavy atom. The summed E-state index contributed by atoms with van der Waals surface area (Å²) < 4.78 is 5.07. The molecule has 2 aromatic rings. The zero-order chi connectivity index (χ0) is 15.6. The van der Waals surface area contributed by atoms with Crippen molar-refractivity contribution in [3.63, 3.8) is 0 Å². The fraction of sp³-hybridized carbons (Fsp3) is 0.375. The monoisotopic (exact) mass is 288 g/mol. The van der Waals surface area contributed by atoms with Crippen LogP contribution < -0.4 is 5.32 Å². The van der Waals surface area contributed by atoms with E-state index in [-0.39, 0.29) is 5.56 Å². The number of hydrogen-bond acceptors (Lipinski definition) is 4. The predicted octanol–water partition coefficient (Wildman–Crippen LogP) is 3.59. The second-order valence-electron chi connectivity index (χ2n) is 5.46. The number of para-hydroxylation sites is 1. The molecule has 0 atom stereocenters. The lowest BCUT2D eigenvalue weighted by Gasteiger charge is -2.15. The number of nitrogens with one attached hydrogen (secondary N) is 1. The molecule has 0 spiro atoms. The van der Waals surface area contributed by atoms with Gasteiger partial charge >= 0.3 is 5.97 Å². The number of rotatable bonds is 5. The third kappa shape index (κ3) is 2.91. The van der Waals surface area contributed by atoms with Crippen molar-refractivity contribution in [2.45, 2.75) is 27.2 Å². The number of benzene rings is 1. The van der Waals surface area contributed by atoms with Gasteiger partial charge in [0.25, 0.3) is 0 Å². The van der Waals surface area contributed by atoms with Crippen LogP contribution in [0.3, 0.4) is 0 Å². The number of hydrogen-bond donors (Lipinski definition) is 2. The van der Waals surface area contributed by atoms with E-state index in [1.54, 1.807) is 6.92 Å². The summed E-state index contributed by atoms with van der Waals surface area (Å²) in [7, 11) is 1.83. The lowest BCUT2D eigenvalue weighted by molar-refractivity contribution is 0.0696. The highest BCUT2D eigenvalue weighted by molar-refractivity contribution is 5.97. The molecule has 0 radical (unpaired) electrons. The van der Waals surface area contributed by atoms with E-state index < -0.39 is 5.97 Å². The summed E-state index contributed by atoms with van der Waals surface area (Å²) in [5.74, 6) is -0.209. The van der Waals surface area contributed by atoms with E-state index in [4.69, 9.17) is 4.52 Å². The molecule has 0 aliphatic heterocycles. The van der Waals surface area contributed by atoms with E-state index >= 15 is 0 Å². The van der Waals surface area contributed by atoms with Crippen molar-refractivity contribution in [2.75, 3.05) is 12.4 Å². The van der Waals surface area contributed by atoms with E-state index in [2.05, 4.69) is 24.3 Å². The van der Waals surface area contributed by atoms with Crippen molar-refractivity contribution < 1.29 is 14.4 Å². The van der Waals surface area contributed by atoms with Crippen molar-refractivity contribution in [3.8, 4) is 11.3 Å². The van der Waals surface area contributed by atoms with E-state index in [9.17, 15) is 9.90 Å². The third-order valence-electron chi connectivity index (χ3n) is 3.36. The first-order valence-electron chi connectivity index (χ1n) is 6.95. The fourth-order valence-electron chi connectivity index (χ4n) is 2.51. The average molecular weight is 288 g/mol. The first-order valence-corrected chi connectivity index (χ1v) is 6.95. The molecule has 0 bridgehead atoms. The van der Waals surface area contributed by atoms with Gasteiger partial charge in [0.15, 0.2) is 0 Å². The second kappa shape index (κ2) is 5.99. The molecule has 0 saturated heterocycles. The lowest BCUT2D eigenvalue weighted by Crippen LogP contribution is -2.04. The van der Waals surface area contributed by atoms with Crippen LogP contribution in [0.2, 0.25) is 0 Å². The van der Waals surface area contributed by atoms with Gasteiger partial charge in [-0.1, -0.05) is 37.2 Å². The quantitative estimate of drug-likeness (QED) is 0.879. The Labute approximate surface area is 124 Å². The minimum Gasteiger partial charge on any atom is -0.477 e. The molecule has 1 aromatic carbocycles. The largest absolute Gasteiger partial charge is 0.477 e. The highest BCUT2D eigenvalue weighted by Crippen LogP contribution is 2.34. The van der Waals surface area contributed by atoms with Gasteiger partial charge in [0.1, 0.15) is 17.0 Å². The number of carboxylic acid groups (broad SMARTS) is 1. The number of nitrogens with zero attached hydrogens (tertiary/aromatic N) is 1. The second-order valence-corrected chi connectivity index (χ2v) is 5.46. The molecular formula is C16H20N2O3. The molecule has 0 fully saturated rings. The van der Waals surface area contributed by atoms with Gasteiger partial charge in [-0.3, -0.25) is 0 Å². The first-order chi connectivity index (χ1) is 9.95. The molecule has 0 unspecified atom stereocenters. The van der Waals surface area contributed by atoms with Crippen LogP contribution in [0.4, 0.5) is 5.69 Å². The summed E-state index contributed by atoms with van der Waals surface area (Å²) >= 11 is 0. The molecular weight excluding hydrogens is 268 g/mol.